The minimum atomic E-state index is 0.173. The fraction of sp³-hybridized carbons (Fsp3) is 0.600. The second-order valence-corrected chi connectivity index (χ2v) is 4.90. The number of nitrogens with zero attached hydrogens (tertiary/aromatic N) is 5. The average molecular weight is 289 g/mol. The molecule has 0 amide bonds. The van der Waals surface area contributed by atoms with Crippen molar-refractivity contribution in [3.8, 4) is 0 Å². The van der Waals surface area contributed by atoms with E-state index in [-0.39, 0.29) is 5.78 Å². The SMILES string of the molecule is CCC(=O)c1c(CC)nn(Cc2ncnn2CC)c1CC. The van der Waals surface area contributed by atoms with Crippen LogP contribution in [0.25, 0.3) is 0 Å². The Morgan fingerprint density at radius 2 is 1.90 bits per heavy atom. The molecule has 0 aliphatic carbocycles. The topological polar surface area (TPSA) is 65.6 Å². The summed E-state index contributed by atoms with van der Waals surface area (Å²) < 4.78 is 3.77. The summed E-state index contributed by atoms with van der Waals surface area (Å²) in [6, 6.07) is 0. The summed E-state index contributed by atoms with van der Waals surface area (Å²) in [7, 11) is 0. The van der Waals surface area contributed by atoms with Gasteiger partial charge in [-0.15, -0.1) is 0 Å². The number of aryl methyl sites for hydroxylation is 2. The number of aromatic nitrogens is 5. The zero-order valence-electron chi connectivity index (χ0n) is 13.3. The summed E-state index contributed by atoms with van der Waals surface area (Å²) in [5.41, 5.74) is 2.70. The van der Waals surface area contributed by atoms with Crippen molar-refractivity contribution in [3.63, 3.8) is 0 Å². The molecule has 2 aromatic heterocycles. The molecule has 0 spiro atoms. The first-order valence-electron chi connectivity index (χ1n) is 7.64. The average Bonchev–Trinajstić information content (AvgIpc) is 3.10. The van der Waals surface area contributed by atoms with Crippen LogP contribution >= 0.6 is 0 Å². The van der Waals surface area contributed by atoms with Gasteiger partial charge >= 0.3 is 0 Å². The number of carbonyl (C=O) groups is 1. The Balaban J connectivity index is 2.44. The maximum Gasteiger partial charge on any atom is 0.166 e. The van der Waals surface area contributed by atoms with Crippen LogP contribution in [0.15, 0.2) is 6.33 Å². The molecule has 0 aromatic carbocycles. The Labute approximate surface area is 125 Å². The normalized spacial score (nSPS) is 11.0. The summed E-state index contributed by atoms with van der Waals surface area (Å²) >= 11 is 0. The van der Waals surface area contributed by atoms with Crippen molar-refractivity contribution >= 4 is 5.78 Å². The Kier molecular flexibility index (Phi) is 4.88. The van der Waals surface area contributed by atoms with Crippen molar-refractivity contribution in [1.29, 1.82) is 0 Å². The minimum absolute atomic E-state index is 0.173. The molecule has 0 N–H and O–H groups in total. The Hall–Kier alpha value is -1.98. The molecule has 21 heavy (non-hydrogen) atoms. The molecule has 6 heteroatoms. The van der Waals surface area contributed by atoms with E-state index >= 15 is 0 Å². The van der Waals surface area contributed by atoms with E-state index in [1.54, 1.807) is 6.33 Å². The smallest absolute Gasteiger partial charge is 0.166 e. The van der Waals surface area contributed by atoms with Gasteiger partial charge in [0.25, 0.3) is 0 Å². The minimum Gasteiger partial charge on any atom is -0.294 e. The van der Waals surface area contributed by atoms with E-state index in [0.29, 0.717) is 13.0 Å². The fourth-order valence-electron chi connectivity index (χ4n) is 2.60. The van der Waals surface area contributed by atoms with Crippen molar-refractivity contribution < 1.29 is 4.79 Å². The lowest BCUT2D eigenvalue weighted by molar-refractivity contribution is 0.0986. The zero-order chi connectivity index (χ0) is 15.4. The quantitative estimate of drug-likeness (QED) is 0.733. The van der Waals surface area contributed by atoms with Gasteiger partial charge in [-0.25, -0.2) is 9.67 Å². The van der Waals surface area contributed by atoms with Gasteiger partial charge in [-0.2, -0.15) is 10.2 Å². The third kappa shape index (κ3) is 2.89. The molecule has 6 nitrogen and oxygen atoms in total. The standard InChI is InChI=1S/C15H23N5O/c1-5-11-15(13(21)7-3)12(6-2)20(18-11)9-14-16-10-17-19(14)8-4/h10H,5-9H2,1-4H3. The monoisotopic (exact) mass is 289 g/mol. The second-order valence-electron chi connectivity index (χ2n) is 4.90. The summed E-state index contributed by atoms with van der Waals surface area (Å²) in [4.78, 5) is 16.5. The van der Waals surface area contributed by atoms with Crippen LogP contribution in [0.2, 0.25) is 0 Å². The van der Waals surface area contributed by atoms with Crippen LogP contribution in [-0.2, 0) is 25.9 Å². The Morgan fingerprint density at radius 1 is 1.14 bits per heavy atom. The molecule has 0 unspecified atom stereocenters. The van der Waals surface area contributed by atoms with Gasteiger partial charge in [0.2, 0.25) is 0 Å². The van der Waals surface area contributed by atoms with Crippen LogP contribution in [0.3, 0.4) is 0 Å². The van der Waals surface area contributed by atoms with E-state index < -0.39 is 0 Å². The van der Waals surface area contributed by atoms with Gasteiger partial charge in [0.05, 0.1) is 11.3 Å². The Bertz CT molecular complexity index is 626. The van der Waals surface area contributed by atoms with Crippen molar-refractivity contribution in [2.24, 2.45) is 0 Å². The largest absolute Gasteiger partial charge is 0.294 e. The van der Waals surface area contributed by atoms with Crippen LogP contribution in [-0.4, -0.2) is 30.3 Å². The van der Waals surface area contributed by atoms with Crippen LogP contribution in [0.5, 0.6) is 0 Å². The molecule has 0 aliphatic heterocycles. The molecule has 0 fully saturated rings. The van der Waals surface area contributed by atoms with E-state index in [4.69, 9.17) is 0 Å². The van der Waals surface area contributed by atoms with Crippen LogP contribution in [0, 0.1) is 0 Å². The van der Waals surface area contributed by atoms with E-state index in [2.05, 4.69) is 22.1 Å². The highest BCUT2D eigenvalue weighted by Crippen LogP contribution is 2.19. The third-order valence-electron chi connectivity index (χ3n) is 3.69. The number of carbonyl (C=O) groups excluding carboxylic acids is 1. The Morgan fingerprint density at radius 3 is 2.48 bits per heavy atom. The van der Waals surface area contributed by atoms with E-state index in [9.17, 15) is 4.79 Å². The second kappa shape index (κ2) is 6.65. The molecule has 2 rings (SSSR count). The summed E-state index contributed by atoms with van der Waals surface area (Å²) in [5, 5.41) is 8.82. The van der Waals surface area contributed by atoms with Gasteiger partial charge in [-0.05, 0) is 19.8 Å². The molecule has 2 aromatic rings. The third-order valence-corrected chi connectivity index (χ3v) is 3.69. The lowest BCUT2D eigenvalue weighted by atomic mass is 10.0. The van der Waals surface area contributed by atoms with Crippen molar-refractivity contribution in [3.05, 3.63) is 29.1 Å². The highest BCUT2D eigenvalue weighted by molar-refractivity contribution is 5.98. The highest BCUT2D eigenvalue weighted by atomic mass is 16.1. The lowest BCUT2D eigenvalue weighted by Crippen LogP contribution is -2.13. The molecular formula is C15H23N5O. The summed E-state index contributed by atoms with van der Waals surface area (Å²) in [5.74, 6) is 1.04. The number of Topliss-reactive ketones (excluding diaryl/α,β-unsaturated/α-hetero) is 1. The maximum atomic E-state index is 12.2. The molecule has 0 bridgehead atoms. The van der Waals surface area contributed by atoms with Crippen molar-refractivity contribution in [1.82, 2.24) is 24.5 Å². The summed E-state index contributed by atoms with van der Waals surface area (Å²) in [6.07, 6.45) is 3.62. The predicted octanol–water partition coefficient (Wildman–Crippen LogP) is 2.26. The van der Waals surface area contributed by atoms with Crippen LogP contribution < -0.4 is 0 Å². The van der Waals surface area contributed by atoms with E-state index in [1.807, 2.05) is 30.1 Å². The molecule has 0 atom stereocenters. The summed E-state index contributed by atoms with van der Waals surface area (Å²) in [6.45, 7) is 9.36. The fourth-order valence-corrected chi connectivity index (χ4v) is 2.60. The predicted molar refractivity (Wildman–Crippen MR) is 80.4 cm³/mol. The van der Waals surface area contributed by atoms with E-state index in [0.717, 1.165) is 42.2 Å². The molecule has 0 radical (unpaired) electrons. The first kappa shape index (κ1) is 15.4. The molecule has 114 valence electrons. The van der Waals surface area contributed by atoms with Gasteiger partial charge in [0, 0.05) is 18.7 Å². The van der Waals surface area contributed by atoms with Crippen LogP contribution in [0.4, 0.5) is 0 Å². The van der Waals surface area contributed by atoms with Gasteiger partial charge in [-0.1, -0.05) is 20.8 Å². The lowest BCUT2D eigenvalue weighted by Gasteiger charge is -2.07. The first-order chi connectivity index (χ1) is 10.2. The highest BCUT2D eigenvalue weighted by Gasteiger charge is 2.21. The molecule has 2 heterocycles. The van der Waals surface area contributed by atoms with Gasteiger partial charge < -0.3 is 0 Å². The molecule has 0 aliphatic rings. The zero-order valence-corrected chi connectivity index (χ0v) is 13.3. The van der Waals surface area contributed by atoms with Crippen molar-refractivity contribution in [2.45, 2.75) is 60.0 Å². The van der Waals surface area contributed by atoms with Gasteiger partial charge in [0.15, 0.2) is 5.78 Å². The van der Waals surface area contributed by atoms with Crippen LogP contribution in [0.1, 0.15) is 61.7 Å². The number of rotatable bonds is 7. The number of ketones is 1. The van der Waals surface area contributed by atoms with Gasteiger partial charge in [-0.3, -0.25) is 9.48 Å². The maximum absolute atomic E-state index is 12.2. The van der Waals surface area contributed by atoms with Crippen molar-refractivity contribution in [2.75, 3.05) is 0 Å². The van der Waals surface area contributed by atoms with E-state index in [1.165, 1.54) is 0 Å². The number of hydrogen-bond acceptors (Lipinski definition) is 4. The van der Waals surface area contributed by atoms with Gasteiger partial charge in [0.1, 0.15) is 18.7 Å². The first-order valence-corrected chi connectivity index (χ1v) is 7.64. The molecule has 0 saturated carbocycles. The molecule has 0 saturated heterocycles. The number of hydrogen-bond donors (Lipinski definition) is 0. The molecular weight excluding hydrogens is 266 g/mol.